The van der Waals surface area contributed by atoms with Crippen molar-refractivity contribution in [1.82, 2.24) is 4.98 Å². The van der Waals surface area contributed by atoms with Crippen LogP contribution in [0.15, 0.2) is 66.1 Å². The molecule has 2 heterocycles. The van der Waals surface area contributed by atoms with E-state index >= 15 is 0 Å². The second-order valence-electron chi connectivity index (χ2n) is 6.35. The molecule has 0 fully saturated rings. The molecule has 0 bridgehead atoms. The molecule has 4 nitrogen and oxygen atoms in total. The summed E-state index contributed by atoms with van der Waals surface area (Å²) in [6.45, 7) is 4.04. The van der Waals surface area contributed by atoms with Crippen molar-refractivity contribution in [2.24, 2.45) is 7.05 Å². The lowest BCUT2D eigenvalue weighted by Gasteiger charge is -2.10. The van der Waals surface area contributed by atoms with Crippen LogP contribution >= 0.6 is 11.8 Å². The zero-order valence-electron chi connectivity index (χ0n) is 15.2. The number of nitrogens with zero attached hydrogens (tertiary/aromatic N) is 2. The minimum Gasteiger partial charge on any atom is -0.322 e. The smallest absolute Gasteiger partial charge is 0.258 e. The van der Waals surface area contributed by atoms with Crippen LogP contribution in [-0.4, -0.2) is 10.9 Å². The number of hydrogen-bond donors (Lipinski definition) is 1. The minimum atomic E-state index is -0.134. The van der Waals surface area contributed by atoms with Gasteiger partial charge in [0.1, 0.15) is 12.1 Å². The van der Waals surface area contributed by atoms with E-state index in [4.69, 9.17) is 0 Å². The molecule has 1 N–H and O–H groups in total. The zero-order chi connectivity index (χ0) is 18.5. The van der Waals surface area contributed by atoms with Crippen molar-refractivity contribution >= 4 is 23.4 Å². The molecule has 0 unspecified atom stereocenters. The van der Waals surface area contributed by atoms with Crippen molar-refractivity contribution in [2.75, 3.05) is 5.32 Å². The van der Waals surface area contributed by atoms with Crippen LogP contribution in [0.1, 0.15) is 27.0 Å². The van der Waals surface area contributed by atoms with Gasteiger partial charge >= 0.3 is 0 Å². The van der Waals surface area contributed by atoms with Gasteiger partial charge in [0.15, 0.2) is 12.4 Å². The van der Waals surface area contributed by atoms with Crippen LogP contribution in [0.4, 0.5) is 5.69 Å². The van der Waals surface area contributed by atoms with Crippen LogP contribution in [0.3, 0.4) is 0 Å². The van der Waals surface area contributed by atoms with Gasteiger partial charge in [-0.05, 0) is 54.8 Å². The quantitative estimate of drug-likeness (QED) is 0.548. The summed E-state index contributed by atoms with van der Waals surface area (Å²) in [6, 6.07) is 13.8. The molecule has 26 heavy (non-hydrogen) atoms. The molecule has 0 saturated heterocycles. The topological polar surface area (TPSA) is 45.9 Å². The minimum absolute atomic E-state index is 0.134. The van der Waals surface area contributed by atoms with Gasteiger partial charge < -0.3 is 5.32 Å². The van der Waals surface area contributed by atoms with E-state index in [-0.39, 0.29) is 5.91 Å². The lowest BCUT2D eigenvalue weighted by Crippen LogP contribution is -2.25. The Bertz CT molecular complexity index is 903. The number of aromatic nitrogens is 2. The molecule has 0 atom stereocenters. The largest absolute Gasteiger partial charge is 0.322 e. The molecule has 3 rings (SSSR count). The number of nitrogens with one attached hydrogen (secondary N) is 1. The summed E-state index contributed by atoms with van der Waals surface area (Å²) in [4.78, 5) is 17.2. The van der Waals surface area contributed by atoms with E-state index in [1.807, 2.05) is 56.1 Å². The summed E-state index contributed by atoms with van der Waals surface area (Å²) >= 11 is 1.57. The van der Waals surface area contributed by atoms with Gasteiger partial charge in [-0.15, -0.1) is 11.8 Å². The first-order valence-electron chi connectivity index (χ1n) is 8.43. The molecule has 0 aliphatic heterocycles. The molecule has 0 aliphatic rings. The van der Waals surface area contributed by atoms with E-state index in [1.165, 1.54) is 5.56 Å². The second-order valence-corrected chi connectivity index (χ2v) is 7.31. The maximum absolute atomic E-state index is 12.7. The van der Waals surface area contributed by atoms with Gasteiger partial charge in [0.05, 0.1) is 5.56 Å². The Morgan fingerprint density at radius 2 is 1.81 bits per heavy atom. The summed E-state index contributed by atoms with van der Waals surface area (Å²) in [5.41, 5.74) is 4.84. The summed E-state index contributed by atoms with van der Waals surface area (Å²) < 4.78 is 2.00. The summed E-state index contributed by atoms with van der Waals surface area (Å²) in [7, 11) is 1.99. The number of carbonyl (C=O) groups is 1. The van der Waals surface area contributed by atoms with Gasteiger partial charge in [-0.3, -0.25) is 4.79 Å². The van der Waals surface area contributed by atoms with Crippen LogP contribution in [0, 0.1) is 13.8 Å². The molecule has 0 spiro atoms. The predicted octanol–water partition coefficient (Wildman–Crippen LogP) is 4.07. The van der Waals surface area contributed by atoms with Gasteiger partial charge in [0.2, 0.25) is 0 Å². The third-order valence-corrected chi connectivity index (χ3v) is 4.99. The summed E-state index contributed by atoms with van der Waals surface area (Å²) in [6.07, 6.45) is 5.75. The first kappa shape index (κ1) is 18.1. The van der Waals surface area contributed by atoms with Crippen LogP contribution in [0.5, 0.6) is 0 Å². The van der Waals surface area contributed by atoms with E-state index in [0.717, 1.165) is 27.6 Å². The molecule has 1 aromatic carbocycles. The SMILES string of the molecule is Cc1cc(C)cc(NC(=O)c2cccnc2SCc2cc[n+](C)cc2)c1. The molecule has 3 aromatic rings. The lowest BCUT2D eigenvalue weighted by atomic mass is 10.1. The van der Waals surface area contributed by atoms with Crippen LogP contribution in [0.25, 0.3) is 0 Å². The maximum Gasteiger partial charge on any atom is 0.258 e. The van der Waals surface area contributed by atoms with Crippen molar-refractivity contribution < 1.29 is 9.36 Å². The number of benzene rings is 1. The number of amides is 1. The molecule has 0 saturated carbocycles. The third kappa shape index (κ3) is 4.70. The van der Waals surface area contributed by atoms with E-state index in [9.17, 15) is 4.79 Å². The highest BCUT2D eigenvalue weighted by atomic mass is 32.2. The number of anilines is 1. The normalized spacial score (nSPS) is 10.6. The Hall–Kier alpha value is -2.66. The van der Waals surface area contributed by atoms with E-state index in [2.05, 4.69) is 28.5 Å². The monoisotopic (exact) mass is 364 g/mol. The molecule has 0 radical (unpaired) electrons. The fourth-order valence-corrected chi connectivity index (χ4v) is 3.65. The third-order valence-electron chi connectivity index (χ3n) is 3.92. The molecule has 5 heteroatoms. The first-order chi connectivity index (χ1) is 12.5. The van der Waals surface area contributed by atoms with Crippen molar-refractivity contribution in [3.63, 3.8) is 0 Å². The molecule has 2 aromatic heterocycles. The highest BCUT2D eigenvalue weighted by molar-refractivity contribution is 7.98. The summed E-state index contributed by atoms with van der Waals surface area (Å²) in [5, 5.41) is 3.73. The van der Waals surface area contributed by atoms with Crippen molar-refractivity contribution in [3.8, 4) is 0 Å². The van der Waals surface area contributed by atoms with Gasteiger partial charge in [-0.2, -0.15) is 0 Å². The predicted molar refractivity (Wildman–Crippen MR) is 105 cm³/mol. The average molecular weight is 364 g/mol. The van der Waals surface area contributed by atoms with Crippen molar-refractivity contribution in [2.45, 2.75) is 24.6 Å². The highest BCUT2D eigenvalue weighted by Crippen LogP contribution is 2.25. The molecule has 1 amide bonds. The van der Waals surface area contributed by atoms with Gasteiger partial charge in [0, 0.05) is 29.8 Å². The molecular weight excluding hydrogens is 342 g/mol. The maximum atomic E-state index is 12.7. The van der Waals surface area contributed by atoms with Crippen LogP contribution in [-0.2, 0) is 12.8 Å². The van der Waals surface area contributed by atoms with Crippen LogP contribution in [0.2, 0.25) is 0 Å². The Balaban J connectivity index is 1.75. The van der Waals surface area contributed by atoms with E-state index in [0.29, 0.717) is 5.56 Å². The second kappa shape index (κ2) is 8.15. The van der Waals surface area contributed by atoms with Crippen molar-refractivity contribution in [1.29, 1.82) is 0 Å². The van der Waals surface area contributed by atoms with Gasteiger partial charge in [-0.1, -0.05) is 6.07 Å². The van der Waals surface area contributed by atoms with E-state index < -0.39 is 0 Å². The highest BCUT2D eigenvalue weighted by Gasteiger charge is 2.13. The number of hydrogen-bond acceptors (Lipinski definition) is 3. The fourth-order valence-electron chi connectivity index (χ4n) is 2.70. The summed E-state index contributed by atoms with van der Waals surface area (Å²) in [5.74, 6) is 0.631. The van der Waals surface area contributed by atoms with Crippen LogP contribution < -0.4 is 9.88 Å². The standard InChI is InChI=1S/C21H21N3OS/c1-15-11-16(2)13-18(12-15)23-20(25)19-5-4-8-22-21(19)26-14-17-6-9-24(3)10-7-17/h4-13H,14H2,1-3H3/p+1. The Morgan fingerprint density at radius 1 is 1.12 bits per heavy atom. The molecular formula is C21H22N3OS+. The lowest BCUT2D eigenvalue weighted by molar-refractivity contribution is -0.671. The van der Waals surface area contributed by atoms with Gasteiger partial charge in [0.25, 0.3) is 5.91 Å². The molecule has 0 aliphatic carbocycles. The number of carbonyl (C=O) groups excluding carboxylic acids is 1. The first-order valence-corrected chi connectivity index (χ1v) is 9.41. The molecule has 132 valence electrons. The van der Waals surface area contributed by atoms with E-state index in [1.54, 1.807) is 24.0 Å². The van der Waals surface area contributed by atoms with Crippen molar-refractivity contribution in [3.05, 3.63) is 83.3 Å². The van der Waals surface area contributed by atoms with Gasteiger partial charge in [-0.25, -0.2) is 9.55 Å². The number of thioether (sulfide) groups is 1. The Labute approximate surface area is 158 Å². The Morgan fingerprint density at radius 3 is 2.50 bits per heavy atom. The number of rotatable bonds is 5. The Kier molecular flexibility index (Phi) is 5.68. The number of aryl methyl sites for hydroxylation is 3. The fraction of sp³-hybridized carbons (Fsp3) is 0.190. The zero-order valence-corrected chi connectivity index (χ0v) is 16.0. The average Bonchev–Trinajstić information content (AvgIpc) is 2.60. The number of pyridine rings is 2.